The second-order valence-electron chi connectivity index (χ2n) is 13.0. The number of hydrogen-bond donors (Lipinski definition) is 0. The molecule has 0 fully saturated rings. The molecule has 51 heavy (non-hydrogen) atoms. The monoisotopic (exact) mass is 649 g/mol. The van der Waals surface area contributed by atoms with Gasteiger partial charge in [-0.2, -0.15) is 0 Å². The van der Waals surface area contributed by atoms with E-state index in [9.17, 15) is 0 Å². The van der Waals surface area contributed by atoms with E-state index < -0.39 is 0 Å². The predicted molar refractivity (Wildman–Crippen MR) is 213 cm³/mol. The van der Waals surface area contributed by atoms with Crippen molar-refractivity contribution < 1.29 is 0 Å². The molecule has 3 aromatic heterocycles. The summed E-state index contributed by atoms with van der Waals surface area (Å²) in [6.07, 6.45) is 0. The zero-order valence-electron chi connectivity index (χ0n) is 27.7. The summed E-state index contributed by atoms with van der Waals surface area (Å²) >= 11 is 0. The van der Waals surface area contributed by atoms with Crippen LogP contribution in [-0.4, -0.2) is 14.5 Å². The van der Waals surface area contributed by atoms with Crippen LogP contribution in [0.25, 0.3) is 94.1 Å². The van der Waals surface area contributed by atoms with E-state index in [0.29, 0.717) is 0 Å². The third-order valence-corrected chi connectivity index (χ3v) is 9.97. The summed E-state index contributed by atoms with van der Waals surface area (Å²) in [5.41, 5.74) is 12.9. The molecule has 238 valence electrons. The normalized spacial score (nSPS) is 11.5. The highest BCUT2D eigenvalue weighted by Gasteiger charge is 2.20. The fourth-order valence-electron chi connectivity index (χ4n) is 7.58. The first-order valence-corrected chi connectivity index (χ1v) is 17.3. The fraction of sp³-hybridized carbons (Fsp3) is 0. The third-order valence-electron chi connectivity index (χ3n) is 9.97. The van der Waals surface area contributed by atoms with Crippen LogP contribution in [-0.2, 0) is 0 Å². The number of para-hydroxylation sites is 2. The minimum Gasteiger partial charge on any atom is -0.309 e. The summed E-state index contributed by atoms with van der Waals surface area (Å²) in [5.74, 6) is 0. The van der Waals surface area contributed by atoms with Gasteiger partial charge in [-0.3, -0.25) is 0 Å². The van der Waals surface area contributed by atoms with E-state index in [4.69, 9.17) is 9.97 Å². The Labute approximate surface area is 295 Å². The van der Waals surface area contributed by atoms with Gasteiger partial charge in [0.15, 0.2) is 0 Å². The van der Waals surface area contributed by atoms with Gasteiger partial charge in [0.05, 0.1) is 33.6 Å². The molecule has 0 aliphatic carbocycles. The Bertz CT molecular complexity index is 2820. The molecule has 0 saturated heterocycles. The van der Waals surface area contributed by atoms with Crippen molar-refractivity contribution in [1.82, 2.24) is 14.5 Å². The molecule has 10 rings (SSSR count). The van der Waals surface area contributed by atoms with E-state index in [-0.39, 0.29) is 0 Å². The van der Waals surface area contributed by atoms with Crippen molar-refractivity contribution in [3.05, 3.63) is 188 Å². The lowest BCUT2D eigenvalue weighted by Gasteiger charge is -2.15. The zero-order valence-corrected chi connectivity index (χ0v) is 27.7. The molecule has 3 heteroatoms. The highest BCUT2D eigenvalue weighted by molar-refractivity contribution is 6.25. The van der Waals surface area contributed by atoms with Gasteiger partial charge in [-0.15, -0.1) is 0 Å². The maximum absolute atomic E-state index is 5.33. The van der Waals surface area contributed by atoms with Gasteiger partial charge in [0.2, 0.25) is 0 Å². The molecule has 3 nitrogen and oxygen atoms in total. The van der Waals surface area contributed by atoms with Crippen molar-refractivity contribution >= 4 is 43.5 Å². The summed E-state index contributed by atoms with van der Waals surface area (Å²) in [6.45, 7) is 0. The molecule has 0 atom stereocenters. The number of rotatable bonds is 5. The Morgan fingerprint density at radius 2 is 0.902 bits per heavy atom. The smallest absolute Gasteiger partial charge is 0.0809 e. The largest absolute Gasteiger partial charge is 0.309 e. The van der Waals surface area contributed by atoms with Crippen LogP contribution in [0.15, 0.2) is 188 Å². The molecule has 10 aromatic rings. The van der Waals surface area contributed by atoms with Gasteiger partial charge in [0, 0.05) is 43.9 Å². The molecule has 0 saturated carbocycles. The maximum atomic E-state index is 5.33. The predicted octanol–water partition coefficient (Wildman–Crippen LogP) is 12.5. The molecule has 0 spiro atoms. The van der Waals surface area contributed by atoms with Crippen molar-refractivity contribution in [2.45, 2.75) is 0 Å². The summed E-state index contributed by atoms with van der Waals surface area (Å²) in [6, 6.07) is 66.6. The Morgan fingerprint density at radius 1 is 0.353 bits per heavy atom. The second kappa shape index (κ2) is 11.9. The molecule has 0 aliphatic heterocycles. The van der Waals surface area contributed by atoms with Crippen LogP contribution in [0.4, 0.5) is 0 Å². The molecule has 7 aromatic carbocycles. The summed E-state index contributed by atoms with van der Waals surface area (Å²) in [4.78, 5) is 10.5. The summed E-state index contributed by atoms with van der Waals surface area (Å²) < 4.78 is 2.42. The number of pyridine rings is 2. The number of benzene rings is 7. The Morgan fingerprint density at radius 3 is 1.61 bits per heavy atom. The number of aromatic nitrogens is 3. The van der Waals surface area contributed by atoms with Crippen molar-refractivity contribution in [2.75, 3.05) is 0 Å². The molecule has 3 heterocycles. The minimum absolute atomic E-state index is 0.941. The van der Waals surface area contributed by atoms with E-state index in [1.165, 1.54) is 21.7 Å². The van der Waals surface area contributed by atoms with E-state index in [0.717, 1.165) is 72.3 Å². The molecular formula is C48H31N3. The topological polar surface area (TPSA) is 30.7 Å². The average molecular weight is 650 g/mol. The summed E-state index contributed by atoms with van der Waals surface area (Å²) in [5, 5.41) is 5.93. The fourth-order valence-corrected chi connectivity index (χ4v) is 7.58. The maximum Gasteiger partial charge on any atom is 0.0809 e. The number of fused-ring (bicyclic) bond motifs is 7. The minimum atomic E-state index is 0.941. The highest BCUT2D eigenvalue weighted by Crippen LogP contribution is 2.42. The van der Waals surface area contributed by atoms with Crippen molar-refractivity contribution in [3.63, 3.8) is 0 Å². The standard InChI is InChI=1S/C48H31N3/c1-4-14-32(15-5-1)36-30-43(33-16-6-2-7-17-33)49-44(31-36)34-24-26-37(27-25-34)51-45-23-13-11-21-39(45)41-29-28-40-38-20-10-12-22-42(38)50-47(46(40)48(41)51)35-18-8-3-9-19-35/h1-31H. The van der Waals surface area contributed by atoms with Crippen LogP contribution in [0.5, 0.6) is 0 Å². The first kappa shape index (κ1) is 29.1. The molecular weight excluding hydrogens is 619 g/mol. The molecule has 0 amide bonds. The Kier molecular flexibility index (Phi) is 6.81. The van der Waals surface area contributed by atoms with Crippen LogP contribution in [0.3, 0.4) is 0 Å². The van der Waals surface area contributed by atoms with E-state index in [2.05, 4.69) is 187 Å². The lowest BCUT2D eigenvalue weighted by Crippen LogP contribution is -1.97. The van der Waals surface area contributed by atoms with Crippen LogP contribution in [0.1, 0.15) is 0 Å². The summed E-state index contributed by atoms with van der Waals surface area (Å²) in [7, 11) is 0. The van der Waals surface area contributed by atoms with Gasteiger partial charge in [-0.05, 0) is 52.9 Å². The lowest BCUT2D eigenvalue weighted by atomic mass is 9.97. The van der Waals surface area contributed by atoms with Crippen LogP contribution < -0.4 is 0 Å². The quantitative estimate of drug-likeness (QED) is 0.174. The number of nitrogens with zero attached hydrogens (tertiary/aromatic N) is 3. The Hall–Kier alpha value is -6.84. The van der Waals surface area contributed by atoms with Crippen molar-refractivity contribution in [3.8, 4) is 50.6 Å². The molecule has 0 N–H and O–H groups in total. The van der Waals surface area contributed by atoms with Gasteiger partial charge in [0.1, 0.15) is 0 Å². The van der Waals surface area contributed by atoms with Gasteiger partial charge in [0.25, 0.3) is 0 Å². The number of hydrogen-bond acceptors (Lipinski definition) is 2. The van der Waals surface area contributed by atoms with Gasteiger partial charge in [-0.25, -0.2) is 9.97 Å². The van der Waals surface area contributed by atoms with E-state index in [1.807, 2.05) is 6.07 Å². The third kappa shape index (κ3) is 4.90. The SMILES string of the molecule is c1ccc(-c2cc(-c3ccccc3)nc(-c3ccc(-n4c5ccccc5c5ccc6c7ccccc7nc(-c7ccccc7)c6c54)cc3)c2)cc1. The van der Waals surface area contributed by atoms with Gasteiger partial charge >= 0.3 is 0 Å². The van der Waals surface area contributed by atoms with Gasteiger partial charge < -0.3 is 4.57 Å². The molecule has 0 bridgehead atoms. The van der Waals surface area contributed by atoms with Crippen molar-refractivity contribution in [1.29, 1.82) is 0 Å². The first-order chi connectivity index (χ1) is 25.3. The zero-order chi connectivity index (χ0) is 33.7. The molecule has 0 radical (unpaired) electrons. The van der Waals surface area contributed by atoms with Gasteiger partial charge in [-0.1, -0.05) is 152 Å². The lowest BCUT2D eigenvalue weighted by molar-refractivity contribution is 1.18. The first-order valence-electron chi connectivity index (χ1n) is 17.3. The second-order valence-corrected chi connectivity index (χ2v) is 13.0. The van der Waals surface area contributed by atoms with E-state index in [1.54, 1.807) is 0 Å². The average Bonchev–Trinajstić information content (AvgIpc) is 3.56. The van der Waals surface area contributed by atoms with Crippen LogP contribution in [0, 0.1) is 0 Å². The van der Waals surface area contributed by atoms with Crippen LogP contribution in [0.2, 0.25) is 0 Å². The van der Waals surface area contributed by atoms with Crippen molar-refractivity contribution in [2.24, 2.45) is 0 Å². The van der Waals surface area contributed by atoms with E-state index >= 15 is 0 Å². The van der Waals surface area contributed by atoms with Crippen LogP contribution >= 0.6 is 0 Å². The highest BCUT2D eigenvalue weighted by atomic mass is 15.0. The molecule has 0 unspecified atom stereocenters. The Balaban J connectivity index is 1.21. The molecule has 0 aliphatic rings.